The summed E-state index contributed by atoms with van der Waals surface area (Å²) in [5, 5.41) is 1.89. The summed E-state index contributed by atoms with van der Waals surface area (Å²) < 4.78 is 0. The van der Waals surface area contributed by atoms with Gasteiger partial charge in [0.2, 0.25) is 6.29 Å². The van der Waals surface area contributed by atoms with E-state index in [-0.39, 0.29) is 5.25 Å². The number of hydrogen-bond acceptors (Lipinski definition) is 3. The Kier molecular flexibility index (Phi) is 3.57. The average molecular weight is 230 g/mol. The number of thioether (sulfide) groups is 1. The monoisotopic (exact) mass is 230 g/mol. The van der Waals surface area contributed by atoms with Crippen LogP contribution in [-0.4, -0.2) is 16.5 Å². The van der Waals surface area contributed by atoms with E-state index in [1.807, 2.05) is 49.6 Å². The molecule has 1 heterocycles. The maximum absolute atomic E-state index is 10.6. The second kappa shape index (κ2) is 5.12. The lowest BCUT2D eigenvalue weighted by Crippen LogP contribution is -2.01. The Balaban J connectivity index is 2.28. The molecule has 2 nitrogen and oxygen atoms in total. The zero-order valence-electron chi connectivity index (χ0n) is 9.01. The smallest absolute Gasteiger partial charge is 0.212 e. The number of pyridine rings is 1. The Bertz CT molecular complexity index is 498. The average Bonchev–Trinajstić information content (AvgIpc) is 2.35. The number of rotatable bonds is 4. The van der Waals surface area contributed by atoms with Crippen molar-refractivity contribution < 1.29 is 4.79 Å². The third-order valence-corrected chi connectivity index (χ3v) is 3.52. The molecule has 2 rings (SSSR count). The van der Waals surface area contributed by atoms with E-state index >= 15 is 0 Å². The number of fused-ring (bicyclic) bond motifs is 1. The molecule has 81 valence electrons. The van der Waals surface area contributed by atoms with Crippen LogP contribution in [0.15, 0.2) is 41.4 Å². The van der Waals surface area contributed by atoms with Crippen LogP contribution in [0.3, 0.4) is 0 Å². The molecule has 0 saturated carbocycles. The molecule has 0 saturated heterocycles. The predicted octanol–water partition coefficient (Wildman–Crippen LogP) is 3.22. The van der Waals surface area contributed by atoms with E-state index in [1.54, 1.807) is 0 Å². The quantitative estimate of drug-likeness (QED) is 0.755. The Morgan fingerprint density at radius 3 is 2.88 bits per heavy atom. The van der Waals surface area contributed by atoms with Gasteiger partial charge in [-0.1, -0.05) is 43.0 Å². The van der Waals surface area contributed by atoms with E-state index in [4.69, 9.17) is 0 Å². The zero-order valence-corrected chi connectivity index (χ0v) is 9.83. The minimum atomic E-state index is -0.117. The maximum Gasteiger partial charge on any atom is 0.212 e. The van der Waals surface area contributed by atoms with Crippen molar-refractivity contribution in [2.75, 3.05) is 0 Å². The molecule has 1 aromatic heterocycles. The van der Waals surface area contributed by atoms with E-state index in [9.17, 15) is 4.79 Å². The van der Waals surface area contributed by atoms with Gasteiger partial charge in [-0.2, -0.15) is 0 Å². The van der Waals surface area contributed by atoms with Crippen molar-refractivity contribution in [2.24, 2.45) is 0 Å². The molecule has 0 fully saturated rings. The van der Waals surface area contributed by atoms with Crippen molar-refractivity contribution in [1.29, 1.82) is 0 Å². The van der Waals surface area contributed by atoms with Gasteiger partial charge in [0.05, 0.1) is 15.8 Å². The van der Waals surface area contributed by atoms with Crippen LogP contribution in [0.4, 0.5) is 0 Å². The molecule has 3 heteroatoms. The minimum absolute atomic E-state index is 0.117. The third kappa shape index (κ3) is 2.42. The van der Waals surface area contributed by atoms with Gasteiger partial charge in [0.25, 0.3) is 0 Å². The molecule has 1 atom stereocenters. The first kappa shape index (κ1) is 11.1. The zero-order chi connectivity index (χ0) is 11.4. The summed E-state index contributed by atoms with van der Waals surface area (Å²) in [4.78, 5) is 15.1. The van der Waals surface area contributed by atoms with Crippen LogP contribution in [0.25, 0.3) is 10.9 Å². The van der Waals surface area contributed by atoms with E-state index < -0.39 is 0 Å². The minimum Gasteiger partial charge on any atom is -0.290 e. The molecule has 0 amide bonds. The Hall–Kier alpha value is -1.35. The fourth-order valence-electron chi connectivity index (χ4n) is 1.45. The van der Waals surface area contributed by atoms with Gasteiger partial charge in [-0.3, -0.25) is 4.79 Å². The number of carbonyl (C=O) groups excluding carboxylic acids is 1. The van der Waals surface area contributed by atoms with Crippen molar-refractivity contribution in [3.8, 4) is 0 Å². The lowest BCUT2D eigenvalue weighted by molar-refractivity contribution is 0.552. The summed E-state index contributed by atoms with van der Waals surface area (Å²) in [7, 11) is 0. The van der Waals surface area contributed by atoms with Gasteiger partial charge >= 0.3 is 0 Å². The van der Waals surface area contributed by atoms with E-state index in [0.717, 1.165) is 22.3 Å². The molecule has 0 N–H and O–H groups in total. The van der Waals surface area contributed by atoms with Gasteiger partial charge < -0.3 is 0 Å². The summed E-state index contributed by atoms with van der Waals surface area (Å²) in [6, 6.07) is 11.9. The highest BCUT2D eigenvalue weighted by atomic mass is 32.2. The molecule has 0 bridgehead atoms. The van der Waals surface area contributed by atoms with Crippen LogP contribution in [0.2, 0.25) is 0 Å². The lowest BCUT2D eigenvalue weighted by atomic mass is 10.2. The van der Waals surface area contributed by atoms with Crippen LogP contribution in [-0.2, 0) is 4.79 Å². The molecule has 1 unspecified atom stereocenters. The summed E-state index contributed by atoms with van der Waals surface area (Å²) >= 11 is 1.47. The first-order valence-corrected chi connectivity index (χ1v) is 6.11. The first-order chi connectivity index (χ1) is 7.83. The van der Waals surface area contributed by atoms with Gasteiger partial charge in [-0.25, -0.2) is 4.98 Å². The van der Waals surface area contributed by atoms with E-state index in [1.165, 1.54) is 11.8 Å². The number of benzene rings is 1. The van der Waals surface area contributed by atoms with Crippen LogP contribution in [0.1, 0.15) is 13.3 Å². The Morgan fingerprint density at radius 2 is 2.12 bits per heavy atom. The molecular formula is C13H12NOS. The van der Waals surface area contributed by atoms with Gasteiger partial charge in [0, 0.05) is 5.39 Å². The number of hydrogen-bond donors (Lipinski definition) is 0. The molecule has 2 aromatic rings. The molecule has 16 heavy (non-hydrogen) atoms. The van der Waals surface area contributed by atoms with Crippen molar-refractivity contribution in [1.82, 2.24) is 4.98 Å². The number of para-hydroxylation sites is 1. The van der Waals surface area contributed by atoms with Gasteiger partial charge in [0.1, 0.15) is 0 Å². The maximum atomic E-state index is 10.6. The van der Waals surface area contributed by atoms with Gasteiger partial charge in [-0.05, 0) is 18.6 Å². The SMILES string of the molecule is CCC([C]=O)Sc1ccc2ccccc2n1. The van der Waals surface area contributed by atoms with E-state index in [0.29, 0.717) is 0 Å². The topological polar surface area (TPSA) is 30.0 Å². The highest BCUT2D eigenvalue weighted by Crippen LogP contribution is 2.24. The molecule has 1 radical (unpaired) electrons. The number of aromatic nitrogens is 1. The summed E-state index contributed by atoms with van der Waals surface area (Å²) in [6.45, 7) is 1.98. The van der Waals surface area contributed by atoms with E-state index in [2.05, 4.69) is 4.98 Å². The van der Waals surface area contributed by atoms with Crippen LogP contribution >= 0.6 is 11.8 Å². The molecule has 0 aliphatic carbocycles. The van der Waals surface area contributed by atoms with Crippen molar-refractivity contribution >= 4 is 29.0 Å². The van der Waals surface area contributed by atoms with Gasteiger partial charge in [-0.15, -0.1) is 0 Å². The summed E-state index contributed by atoms with van der Waals surface area (Å²) in [5.41, 5.74) is 0.966. The highest BCUT2D eigenvalue weighted by molar-refractivity contribution is 8.00. The van der Waals surface area contributed by atoms with Crippen molar-refractivity contribution in [2.45, 2.75) is 23.6 Å². The first-order valence-electron chi connectivity index (χ1n) is 5.23. The van der Waals surface area contributed by atoms with Gasteiger partial charge in [0.15, 0.2) is 0 Å². The molecule has 0 aliphatic rings. The summed E-state index contributed by atoms with van der Waals surface area (Å²) in [5.74, 6) is 0. The predicted molar refractivity (Wildman–Crippen MR) is 67.4 cm³/mol. The summed E-state index contributed by atoms with van der Waals surface area (Å²) in [6.07, 6.45) is 2.80. The largest absolute Gasteiger partial charge is 0.290 e. The Labute approximate surface area is 99.1 Å². The second-order valence-electron chi connectivity index (χ2n) is 3.47. The third-order valence-electron chi connectivity index (χ3n) is 2.34. The molecule has 0 spiro atoms. The normalized spacial score (nSPS) is 12.6. The van der Waals surface area contributed by atoms with Crippen LogP contribution < -0.4 is 0 Å². The second-order valence-corrected chi connectivity index (χ2v) is 4.70. The fourth-order valence-corrected chi connectivity index (χ4v) is 2.25. The molecular weight excluding hydrogens is 218 g/mol. The standard InChI is InChI=1S/C13H12NOS/c1-2-11(9-15)16-13-8-7-10-5-3-4-6-12(10)14-13/h3-8,11H,2H2,1H3. The van der Waals surface area contributed by atoms with Crippen LogP contribution in [0.5, 0.6) is 0 Å². The van der Waals surface area contributed by atoms with Crippen LogP contribution in [0, 0.1) is 0 Å². The Morgan fingerprint density at radius 1 is 1.31 bits per heavy atom. The molecule has 0 aliphatic heterocycles. The fraction of sp³-hybridized carbons (Fsp3) is 0.231. The van der Waals surface area contributed by atoms with Crippen molar-refractivity contribution in [3.63, 3.8) is 0 Å². The lowest BCUT2D eigenvalue weighted by Gasteiger charge is -2.06. The van der Waals surface area contributed by atoms with Crippen molar-refractivity contribution in [3.05, 3.63) is 36.4 Å². The molecule has 1 aromatic carbocycles. The number of nitrogens with zero attached hydrogens (tertiary/aromatic N) is 1. The highest BCUT2D eigenvalue weighted by Gasteiger charge is 2.08.